The van der Waals surface area contributed by atoms with Crippen molar-refractivity contribution in [1.82, 2.24) is 4.90 Å². The topological polar surface area (TPSA) is 35.9 Å². The number of carbonyl (C=O) groups excluding carboxylic acids is 1. The van der Waals surface area contributed by atoms with Gasteiger partial charge in [-0.1, -0.05) is 12.1 Å². The van der Waals surface area contributed by atoms with Crippen LogP contribution in [0.25, 0.3) is 6.08 Å². The Balaban J connectivity index is 1.53. The molecule has 2 aliphatic heterocycles. The van der Waals surface area contributed by atoms with Gasteiger partial charge in [0.15, 0.2) is 5.17 Å². The van der Waals surface area contributed by atoms with E-state index >= 15 is 0 Å². The Morgan fingerprint density at radius 1 is 1.03 bits per heavy atom. The number of hydrogen-bond donors (Lipinski definition) is 0. The van der Waals surface area contributed by atoms with Crippen LogP contribution in [0.3, 0.4) is 0 Å². The molecule has 0 unspecified atom stereocenters. The molecule has 0 saturated carbocycles. The Labute approximate surface area is 187 Å². The Morgan fingerprint density at radius 3 is 2.37 bits per heavy atom. The summed E-state index contributed by atoms with van der Waals surface area (Å²) in [5.74, 6) is 0.0279. The van der Waals surface area contributed by atoms with Gasteiger partial charge >= 0.3 is 0 Å². The first-order chi connectivity index (χ1) is 14.7. The van der Waals surface area contributed by atoms with Crippen LogP contribution in [0, 0.1) is 0 Å². The fraction of sp³-hybridized carbons (Fsp3) is 0.333. The molecule has 4 nitrogen and oxygen atoms in total. The molecule has 6 heteroatoms. The van der Waals surface area contributed by atoms with Crippen LogP contribution in [0.4, 0.5) is 11.4 Å². The number of rotatable bonds is 5. The zero-order valence-electron chi connectivity index (χ0n) is 17.5. The Bertz CT molecular complexity index is 945. The summed E-state index contributed by atoms with van der Waals surface area (Å²) in [6.45, 7) is 4.87. The minimum absolute atomic E-state index is 0.0279. The summed E-state index contributed by atoms with van der Waals surface area (Å²) in [4.78, 5) is 23.8. The summed E-state index contributed by atoms with van der Waals surface area (Å²) >= 11 is 3.17. The van der Waals surface area contributed by atoms with Crippen molar-refractivity contribution in [3.8, 4) is 0 Å². The van der Waals surface area contributed by atoms with E-state index in [-0.39, 0.29) is 5.91 Å². The fourth-order valence-corrected chi connectivity index (χ4v) is 5.19. The molecular weight excluding hydrogens is 410 g/mol. The highest BCUT2D eigenvalue weighted by Gasteiger charge is 2.32. The summed E-state index contributed by atoms with van der Waals surface area (Å²) in [6, 6.07) is 16.7. The number of hydrogen-bond acceptors (Lipinski definition) is 5. The number of nitrogens with zero attached hydrogens (tertiary/aromatic N) is 3. The number of anilines is 1. The van der Waals surface area contributed by atoms with Gasteiger partial charge in [0.2, 0.25) is 0 Å². The lowest BCUT2D eigenvalue weighted by Crippen LogP contribution is -2.29. The minimum Gasteiger partial charge on any atom is -0.372 e. The lowest BCUT2D eigenvalue weighted by atomic mass is 10.1. The largest absolute Gasteiger partial charge is 0.372 e. The molecule has 0 spiro atoms. The van der Waals surface area contributed by atoms with Crippen molar-refractivity contribution in [3.63, 3.8) is 0 Å². The number of amidine groups is 1. The van der Waals surface area contributed by atoms with Crippen LogP contribution in [0.2, 0.25) is 0 Å². The van der Waals surface area contributed by atoms with Crippen molar-refractivity contribution in [2.24, 2.45) is 4.99 Å². The van der Waals surface area contributed by atoms with Crippen LogP contribution in [0.15, 0.2) is 63.3 Å². The molecule has 1 amide bonds. The average Bonchev–Trinajstić information content (AvgIpc) is 3.09. The molecule has 2 aromatic rings. The van der Waals surface area contributed by atoms with E-state index in [4.69, 9.17) is 4.99 Å². The van der Waals surface area contributed by atoms with E-state index in [0.717, 1.165) is 34.4 Å². The molecule has 2 aromatic carbocycles. The maximum atomic E-state index is 12.9. The molecule has 4 rings (SSSR count). The number of aliphatic imine (C=N–C) groups is 1. The molecule has 0 N–H and O–H groups in total. The fourth-order valence-electron chi connectivity index (χ4n) is 3.72. The molecular formula is C24H27N3OS2. The summed E-state index contributed by atoms with van der Waals surface area (Å²) in [5.41, 5.74) is 3.18. The summed E-state index contributed by atoms with van der Waals surface area (Å²) in [7, 11) is 0. The zero-order valence-corrected chi connectivity index (χ0v) is 19.1. The molecule has 156 valence electrons. The van der Waals surface area contributed by atoms with Gasteiger partial charge in [0, 0.05) is 30.2 Å². The van der Waals surface area contributed by atoms with Gasteiger partial charge in [-0.05, 0) is 92.2 Å². The smallest absolute Gasteiger partial charge is 0.266 e. The Morgan fingerprint density at radius 2 is 1.73 bits per heavy atom. The number of amides is 1. The minimum atomic E-state index is 0.0279. The van der Waals surface area contributed by atoms with E-state index in [1.165, 1.54) is 41.6 Å². The van der Waals surface area contributed by atoms with E-state index < -0.39 is 0 Å². The van der Waals surface area contributed by atoms with Crippen LogP contribution in [0.1, 0.15) is 31.7 Å². The molecule has 0 aromatic heterocycles. The van der Waals surface area contributed by atoms with Crippen LogP contribution in [0.5, 0.6) is 0 Å². The second kappa shape index (κ2) is 9.75. The van der Waals surface area contributed by atoms with Gasteiger partial charge in [0.05, 0.1) is 10.6 Å². The summed E-state index contributed by atoms with van der Waals surface area (Å²) in [6.07, 6.45) is 7.89. The Kier molecular flexibility index (Phi) is 6.85. The summed E-state index contributed by atoms with van der Waals surface area (Å²) < 4.78 is 0. The highest BCUT2D eigenvalue weighted by atomic mass is 32.2. The first-order valence-corrected chi connectivity index (χ1v) is 12.5. The lowest BCUT2D eigenvalue weighted by molar-refractivity contribution is -0.122. The first kappa shape index (κ1) is 21.1. The maximum Gasteiger partial charge on any atom is 0.266 e. The predicted octanol–water partition coefficient (Wildman–Crippen LogP) is 6.02. The van der Waals surface area contributed by atoms with Crippen molar-refractivity contribution in [2.75, 3.05) is 30.8 Å². The quantitative estimate of drug-likeness (QED) is 0.423. The van der Waals surface area contributed by atoms with Gasteiger partial charge in [-0.2, -0.15) is 0 Å². The predicted molar refractivity (Wildman–Crippen MR) is 131 cm³/mol. The van der Waals surface area contributed by atoms with Crippen LogP contribution < -0.4 is 4.90 Å². The zero-order chi connectivity index (χ0) is 20.9. The van der Waals surface area contributed by atoms with Crippen molar-refractivity contribution < 1.29 is 4.79 Å². The van der Waals surface area contributed by atoms with Crippen LogP contribution in [-0.4, -0.2) is 41.9 Å². The SMILES string of the molecule is CCN1C(=O)/C(=C/c2ccc(SC)cc2)SC1=Nc1ccc(N2CCCCC2)cc1. The van der Waals surface area contributed by atoms with E-state index in [1.54, 1.807) is 16.7 Å². The maximum absolute atomic E-state index is 12.9. The number of thioether (sulfide) groups is 2. The van der Waals surface area contributed by atoms with Crippen molar-refractivity contribution in [3.05, 3.63) is 59.0 Å². The Hall–Kier alpha value is -2.18. The number of piperidine rings is 1. The van der Waals surface area contributed by atoms with Crippen molar-refractivity contribution in [1.29, 1.82) is 0 Å². The van der Waals surface area contributed by atoms with Gasteiger partial charge in [-0.3, -0.25) is 9.69 Å². The number of carbonyl (C=O) groups is 1. The van der Waals surface area contributed by atoms with Crippen molar-refractivity contribution in [2.45, 2.75) is 31.1 Å². The number of likely N-dealkylation sites (N-methyl/N-ethyl adjacent to an activating group) is 1. The first-order valence-electron chi connectivity index (χ1n) is 10.5. The van der Waals surface area contributed by atoms with Gasteiger partial charge < -0.3 is 4.90 Å². The average molecular weight is 438 g/mol. The number of benzene rings is 2. The van der Waals surface area contributed by atoms with Gasteiger partial charge in [-0.15, -0.1) is 11.8 Å². The van der Waals surface area contributed by atoms with E-state index in [9.17, 15) is 4.79 Å². The van der Waals surface area contributed by atoms with E-state index in [1.807, 2.05) is 13.0 Å². The molecule has 2 aliphatic rings. The third kappa shape index (κ3) is 4.76. The molecule has 0 atom stereocenters. The summed E-state index contributed by atoms with van der Waals surface area (Å²) in [5, 5.41) is 0.750. The van der Waals surface area contributed by atoms with E-state index in [2.05, 4.69) is 59.7 Å². The molecule has 2 fully saturated rings. The standard InChI is InChI=1S/C24H27N3OS2/c1-3-27-23(28)22(17-18-7-13-21(29-2)14-8-18)30-24(27)25-19-9-11-20(12-10-19)26-15-5-4-6-16-26/h7-14,17H,3-6,15-16H2,1-2H3/b22-17-,25-24?. The van der Waals surface area contributed by atoms with Crippen LogP contribution in [-0.2, 0) is 4.79 Å². The monoisotopic (exact) mass is 437 g/mol. The molecule has 2 heterocycles. The third-order valence-corrected chi connectivity index (χ3v) is 7.16. The molecule has 30 heavy (non-hydrogen) atoms. The van der Waals surface area contributed by atoms with Gasteiger partial charge in [-0.25, -0.2) is 4.99 Å². The molecule has 0 aliphatic carbocycles. The normalized spacial score (nSPS) is 19.9. The van der Waals surface area contributed by atoms with Crippen LogP contribution >= 0.6 is 23.5 Å². The lowest BCUT2D eigenvalue weighted by Gasteiger charge is -2.28. The second-order valence-corrected chi connectivity index (χ2v) is 9.28. The third-order valence-electron chi connectivity index (χ3n) is 5.41. The van der Waals surface area contributed by atoms with Gasteiger partial charge in [0.25, 0.3) is 5.91 Å². The molecule has 0 radical (unpaired) electrons. The van der Waals surface area contributed by atoms with Crippen molar-refractivity contribution >= 4 is 52.0 Å². The highest BCUT2D eigenvalue weighted by molar-refractivity contribution is 8.18. The molecule has 2 saturated heterocycles. The van der Waals surface area contributed by atoms with E-state index in [0.29, 0.717) is 6.54 Å². The molecule has 0 bridgehead atoms. The second-order valence-electron chi connectivity index (χ2n) is 7.39. The van der Waals surface area contributed by atoms with Gasteiger partial charge in [0.1, 0.15) is 0 Å². The highest BCUT2D eigenvalue weighted by Crippen LogP contribution is 2.34.